The molecule has 0 aliphatic carbocycles. The van der Waals surface area contributed by atoms with E-state index in [0.29, 0.717) is 0 Å². The molecule has 1 amide bonds. The molecule has 1 aromatic carbocycles. The predicted octanol–water partition coefficient (Wildman–Crippen LogP) is 1.88. The molecule has 0 aliphatic rings. The molecule has 1 unspecified atom stereocenters. The lowest BCUT2D eigenvalue weighted by Gasteiger charge is -2.13. The largest absolute Gasteiger partial charge is 0.348 e. The molecular weight excluding hydrogens is 295 g/mol. The van der Waals surface area contributed by atoms with E-state index >= 15 is 0 Å². The number of halogens is 2. The van der Waals surface area contributed by atoms with Crippen LogP contribution < -0.4 is 11.1 Å². The lowest BCUT2D eigenvalue weighted by molar-refractivity contribution is -0.120. The summed E-state index contributed by atoms with van der Waals surface area (Å²) in [5, 5.41) is 7.06. The summed E-state index contributed by atoms with van der Waals surface area (Å²) in [5.41, 5.74) is 7.84. The molecule has 1 heterocycles. The van der Waals surface area contributed by atoms with Crippen molar-refractivity contribution in [3.8, 4) is 5.69 Å². The standard InChI is InChI=1S/C14H17FN4O.ClH/c1-9(18-14(20)7-16)13-8-17-19(10(13)2)12-5-3-11(15)4-6-12;/h3-6,8-9H,7,16H2,1-2H3,(H,18,20);1H. The van der Waals surface area contributed by atoms with Crippen molar-refractivity contribution in [2.24, 2.45) is 5.73 Å². The third kappa shape index (κ3) is 3.80. The maximum atomic E-state index is 12.9. The quantitative estimate of drug-likeness (QED) is 0.905. The highest BCUT2D eigenvalue weighted by molar-refractivity contribution is 5.85. The Kier molecular flexibility index (Phi) is 5.87. The zero-order valence-electron chi connectivity index (χ0n) is 11.8. The highest BCUT2D eigenvalue weighted by Gasteiger charge is 2.15. The molecule has 0 aliphatic heterocycles. The van der Waals surface area contributed by atoms with E-state index in [9.17, 15) is 9.18 Å². The number of aromatic nitrogens is 2. The van der Waals surface area contributed by atoms with E-state index in [2.05, 4.69) is 10.4 Å². The summed E-state index contributed by atoms with van der Waals surface area (Å²) in [6.07, 6.45) is 1.69. The molecule has 0 bridgehead atoms. The Bertz CT molecular complexity index is 612. The number of hydrogen-bond acceptors (Lipinski definition) is 3. The van der Waals surface area contributed by atoms with Gasteiger partial charge < -0.3 is 11.1 Å². The Morgan fingerprint density at radius 3 is 2.62 bits per heavy atom. The maximum Gasteiger partial charge on any atom is 0.234 e. The van der Waals surface area contributed by atoms with Gasteiger partial charge >= 0.3 is 0 Å². The number of nitrogens with one attached hydrogen (secondary N) is 1. The first kappa shape index (κ1) is 17.1. The molecule has 0 saturated carbocycles. The molecule has 7 heteroatoms. The van der Waals surface area contributed by atoms with Gasteiger partial charge in [-0.2, -0.15) is 5.10 Å². The van der Waals surface area contributed by atoms with Gasteiger partial charge in [-0.3, -0.25) is 4.79 Å². The second-order valence-electron chi connectivity index (χ2n) is 4.57. The Morgan fingerprint density at radius 2 is 2.05 bits per heavy atom. The Morgan fingerprint density at radius 1 is 1.43 bits per heavy atom. The molecule has 2 aromatic rings. The fourth-order valence-corrected chi connectivity index (χ4v) is 2.07. The van der Waals surface area contributed by atoms with Crippen molar-refractivity contribution in [1.82, 2.24) is 15.1 Å². The monoisotopic (exact) mass is 312 g/mol. The summed E-state index contributed by atoms with van der Waals surface area (Å²) in [6.45, 7) is 3.72. The summed E-state index contributed by atoms with van der Waals surface area (Å²) in [4.78, 5) is 11.3. The third-order valence-electron chi connectivity index (χ3n) is 3.15. The Balaban J connectivity index is 0.00000220. The fraction of sp³-hybridized carbons (Fsp3) is 0.286. The third-order valence-corrected chi connectivity index (χ3v) is 3.15. The van der Waals surface area contributed by atoms with Gasteiger partial charge in [0, 0.05) is 11.3 Å². The molecule has 0 fully saturated rings. The highest BCUT2D eigenvalue weighted by atomic mass is 35.5. The average molecular weight is 313 g/mol. The SMILES string of the molecule is Cc1c(C(C)NC(=O)CN)cnn1-c1ccc(F)cc1.Cl. The number of carbonyl (C=O) groups is 1. The molecule has 3 N–H and O–H groups in total. The van der Waals surface area contributed by atoms with Crippen molar-refractivity contribution < 1.29 is 9.18 Å². The van der Waals surface area contributed by atoms with Gasteiger partial charge in [0.05, 0.1) is 24.5 Å². The van der Waals surface area contributed by atoms with Gasteiger partial charge in [0.2, 0.25) is 5.91 Å². The van der Waals surface area contributed by atoms with Crippen LogP contribution in [0.1, 0.15) is 24.2 Å². The van der Waals surface area contributed by atoms with E-state index in [1.54, 1.807) is 23.0 Å². The Labute approximate surface area is 128 Å². The summed E-state index contributed by atoms with van der Waals surface area (Å²) in [6, 6.07) is 5.90. The lowest BCUT2D eigenvalue weighted by Crippen LogP contribution is -2.32. The molecule has 21 heavy (non-hydrogen) atoms. The van der Waals surface area contributed by atoms with E-state index in [0.717, 1.165) is 16.9 Å². The highest BCUT2D eigenvalue weighted by Crippen LogP contribution is 2.20. The minimum absolute atomic E-state index is 0. The molecule has 0 saturated heterocycles. The normalized spacial score (nSPS) is 11.6. The Hall–Kier alpha value is -1.92. The number of amides is 1. The van der Waals surface area contributed by atoms with Crippen molar-refractivity contribution >= 4 is 18.3 Å². The van der Waals surface area contributed by atoms with E-state index in [4.69, 9.17) is 5.73 Å². The van der Waals surface area contributed by atoms with Gasteiger partial charge in [-0.25, -0.2) is 9.07 Å². The fourth-order valence-electron chi connectivity index (χ4n) is 2.07. The van der Waals surface area contributed by atoms with Gasteiger partial charge in [-0.1, -0.05) is 0 Å². The molecule has 1 aromatic heterocycles. The molecule has 5 nitrogen and oxygen atoms in total. The summed E-state index contributed by atoms with van der Waals surface area (Å²) in [7, 11) is 0. The molecular formula is C14H18ClFN4O. The first-order valence-corrected chi connectivity index (χ1v) is 6.33. The number of nitrogens with zero attached hydrogens (tertiary/aromatic N) is 2. The molecule has 2 rings (SSSR count). The van der Waals surface area contributed by atoms with Gasteiger partial charge in [0.1, 0.15) is 5.82 Å². The zero-order chi connectivity index (χ0) is 14.7. The molecule has 0 radical (unpaired) electrons. The minimum Gasteiger partial charge on any atom is -0.348 e. The van der Waals surface area contributed by atoms with Crippen LogP contribution in [0.3, 0.4) is 0 Å². The summed E-state index contributed by atoms with van der Waals surface area (Å²) >= 11 is 0. The van der Waals surface area contributed by atoms with Gasteiger partial charge in [0.15, 0.2) is 0 Å². The van der Waals surface area contributed by atoms with E-state index in [1.807, 2.05) is 13.8 Å². The van der Waals surface area contributed by atoms with E-state index in [1.165, 1.54) is 12.1 Å². The molecule has 114 valence electrons. The van der Waals surface area contributed by atoms with Crippen LogP contribution >= 0.6 is 12.4 Å². The zero-order valence-corrected chi connectivity index (χ0v) is 12.7. The number of benzene rings is 1. The maximum absolute atomic E-state index is 12.9. The van der Waals surface area contributed by atoms with Crippen molar-refractivity contribution in [3.63, 3.8) is 0 Å². The van der Waals surface area contributed by atoms with Crippen LogP contribution in [-0.2, 0) is 4.79 Å². The number of rotatable bonds is 4. The van der Waals surface area contributed by atoms with E-state index < -0.39 is 0 Å². The van der Waals surface area contributed by atoms with Crippen LogP contribution in [-0.4, -0.2) is 22.2 Å². The lowest BCUT2D eigenvalue weighted by atomic mass is 10.1. The molecule has 0 spiro atoms. The van der Waals surface area contributed by atoms with Crippen molar-refractivity contribution in [3.05, 3.63) is 47.5 Å². The van der Waals surface area contributed by atoms with Gasteiger partial charge in [-0.15, -0.1) is 12.4 Å². The van der Waals surface area contributed by atoms with Gasteiger partial charge in [-0.05, 0) is 38.1 Å². The smallest absolute Gasteiger partial charge is 0.234 e. The second-order valence-corrected chi connectivity index (χ2v) is 4.57. The van der Waals surface area contributed by atoms with Gasteiger partial charge in [0.25, 0.3) is 0 Å². The van der Waals surface area contributed by atoms with Crippen LogP contribution in [0.15, 0.2) is 30.5 Å². The van der Waals surface area contributed by atoms with Crippen LogP contribution in [0.2, 0.25) is 0 Å². The molecule has 1 atom stereocenters. The average Bonchev–Trinajstić information content (AvgIpc) is 2.81. The van der Waals surface area contributed by atoms with Crippen molar-refractivity contribution in [2.75, 3.05) is 6.54 Å². The predicted molar refractivity (Wildman–Crippen MR) is 81.1 cm³/mol. The van der Waals surface area contributed by atoms with Crippen molar-refractivity contribution in [2.45, 2.75) is 19.9 Å². The van der Waals surface area contributed by atoms with Crippen LogP contribution in [0.25, 0.3) is 5.69 Å². The van der Waals surface area contributed by atoms with E-state index in [-0.39, 0.29) is 36.7 Å². The topological polar surface area (TPSA) is 72.9 Å². The number of carbonyl (C=O) groups excluding carboxylic acids is 1. The number of hydrogen-bond donors (Lipinski definition) is 2. The minimum atomic E-state index is -0.289. The number of nitrogens with two attached hydrogens (primary N) is 1. The van der Waals surface area contributed by atoms with Crippen LogP contribution in [0, 0.1) is 12.7 Å². The second kappa shape index (κ2) is 7.19. The first-order chi connectivity index (χ1) is 9.52. The summed E-state index contributed by atoms with van der Waals surface area (Å²) in [5.74, 6) is -0.506. The van der Waals surface area contributed by atoms with Crippen LogP contribution in [0.5, 0.6) is 0 Å². The summed E-state index contributed by atoms with van der Waals surface area (Å²) < 4.78 is 14.6. The van der Waals surface area contributed by atoms with Crippen LogP contribution in [0.4, 0.5) is 4.39 Å². The van der Waals surface area contributed by atoms with Crippen molar-refractivity contribution in [1.29, 1.82) is 0 Å². The first-order valence-electron chi connectivity index (χ1n) is 6.33.